The van der Waals surface area contributed by atoms with E-state index in [1.807, 2.05) is 35.1 Å². The van der Waals surface area contributed by atoms with Crippen LogP contribution in [0.1, 0.15) is 18.4 Å². The minimum atomic E-state index is -0.272. The van der Waals surface area contributed by atoms with E-state index in [-0.39, 0.29) is 11.9 Å². The molecule has 1 saturated heterocycles. The first-order valence-corrected chi connectivity index (χ1v) is 7.48. The number of piperidine rings is 1. The monoisotopic (exact) mass is 379 g/mol. The molecule has 0 bridgehead atoms. The molecule has 1 aliphatic heterocycles. The molecule has 0 unspecified atom stereocenters. The minimum Gasteiger partial charge on any atom is -0.392 e. The molecule has 5 heteroatoms. The van der Waals surface area contributed by atoms with Crippen LogP contribution in [0.2, 0.25) is 0 Å². The lowest BCUT2D eigenvalue weighted by atomic mass is 9.99. The summed E-state index contributed by atoms with van der Waals surface area (Å²) in [5.74, 6) is -0.151. The lowest BCUT2D eigenvalue weighted by molar-refractivity contribution is 0.0243. The predicted molar refractivity (Wildman–Crippen MR) is 80.7 cm³/mol. The van der Waals surface area contributed by atoms with Gasteiger partial charge in [0.1, 0.15) is 28.8 Å². The lowest BCUT2D eigenvalue weighted by Gasteiger charge is -2.37. The fourth-order valence-electron chi connectivity index (χ4n) is 2.58. The molecule has 1 N–H and O–H groups in total. The van der Waals surface area contributed by atoms with Crippen molar-refractivity contribution in [2.24, 2.45) is 0 Å². The molecule has 1 fully saturated rings. The highest BCUT2D eigenvalue weighted by molar-refractivity contribution is 14.1. The van der Waals surface area contributed by atoms with Crippen LogP contribution in [0.3, 0.4) is 0 Å². The number of aliphatic hydroxyl groups is 1. The quantitative estimate of drug-likeness (QED) is 0.799. The number of aliphatic hydroxyl groups excluding tert-OH is 1. The minimum absolute atomic E-state index is 0.151. The summed E-state index contributed by atoms with van der Waals surface area (Å²) in [6.45, 7) is 2.06. The van der Waals surface area contributed by atoms with Crippen molar-refractivity contribution in [3.8, 4) is 0 Å². The van der Waals surface area contributed by atoms with E-state index in [4.69, 9.17) is 3.07 Å². The molecule has 106 valence electrons. The van der Waals surface area contributed by atoms with Gasteiger partial charge >= 0.3 is 0 Å². The second-order valence-electron chi connectivity index (χ2n) is 5.00. The smallest absolute Gasteiger partial charge is 0.126 e. The Morgan fingerprint density at radius 2 is 2.16 bits per heavy atom. The zero-order valence-electron chi connectivity index (χ0n) is 10.8. The lowest BCUT2D eigenvalue weighted by Crippen LogP contribution is -2.48. The molecular weight excluding hydrogens is 360 g/mol. The summed E-state index contributed by atoms with van der Waals surface area (Å²) in [6, 6.07) is 7.20. The third-order valence-electron chi connectivity index (χ3n) is 3.68. The van der Waals surface area contributed by atoms with Gasteiger partial charge in [-0.3, -0.25) is 4.90 Å². The Morgan fingerprint density at radius 3 is 2.89 bits per heavy atom. The first-order chi connectivity index (χ1) is 9.20. The van der Waals surface area contributed by atoms with Crippen LogP contribution < -0.4 is 0 Å². The molecule has 0 aromatic heterocycles. The fourth-order valence-corrected chi connectivity index (χ4v) is 2.99. The second-order valence-corrected chi connectivity index (χ2v) is 5.62. The van der Waals surface area contributed by atoms with Gasteiger partial charge in [-0.1, -0.05) is 18.2 Å². The van der Waals surface area contributed by atoms with E-state index in [1.165, 1.54) is 6.07 Å². The summed E-state index contributed by atoms with van der Waals surface area (Å²) in [4.78, 5) is 2.21. The fraction of sp³-hybridized carbons (Fsp3) is 0.571. The molecule has 0 amide bonds. The van der Waals surface area contributed by atoms with E-state index < -0.39 is 0 Å². The molecule has 0 radical (unpaired) electrons. The first-order valence-electron chi connectivity index (χ1n) is 6.59. The van der Waals surface area contributed by atoms with Crippen LogP contribution in [0.5, 0.6) is 0 Å². The Bertz CT molecular complexity index is 405. The Kier molecular flexibility index (Phi) is 6.00. The topological polar surface area (TPSA) is 32.7 Å². The number of rotatable bonds is 5. The molecule has 2 atom stereocenters. The number of halogens is 2. The molecule has 1 aromatic rings. The van der Waals surface area contributed by atoms with Crippen LogP contribution in [0.25, 0.3) is 0 Å². The summed E-state index contributed by atoms with van der Waals surface area (Å²) < 4.78 is 18.8. The summed E-state index contributed by atoms with van der Waals surface area (Å²) in [5.41, 5.74) is 0.733. The van der Waals surface area contributed by atoms with Gasteiger partial charge in [0.25, 0.3) is 0 Å². The van der Waals surface area contributed by atoms with Crippen LogP contribution >= 0.6 is 23.0 Å². The number of nitrogens with zero attached hydrogens (tertiary/aromatic N) is 1. The zero-order chi connectivity index (χ0) is 13.7. The van der Waals surface area contributed by atoms with Crippen LogP contribution in [-0.2, 0) is 9.49 Å². The summed E-state index contributed by atoms with van der Waals surface area (Å²) in [6.07, 6.45) is 2.14. The third kappa shape index (κ3) is 4.37. The van der Waals surface area contributed by atoms with E-state index in [2.05, 4.69) is 4.90 Å². The maximum atomic E-state index is 13.6. The third-order valence-corrected chi connectivity index (χ3v) is 4.04. The van der Waals surface area contributed by atoms with Crippen molar-refractivity contribution in [3.05, 3.63) is 35.6 Å². The number of β-amino-alcohol motifs (C(OH)–C–C–N with tert-alkyl or cyclic N) is 1. The highest BCUT2D eigenvalue weighted by Gasteiger charge is 2.27. The van der Waals surface area contributed by atoms with Crippen LogP contribution in [-0.4, -0.2) is 41.8 Å². The number of benzene rings is 1. The second kappa shape index (κ2) is 7.52. The number of likely N-dealkylation sites (tertiary alicyclic amines) is 1. The highest BCUT2D eigenvalue weighted by Crippen LogP contribution is 2.19. The van der Waals surface area contributed by atoms with Crippen molar-refractivity contribution in [2.75, 3.05) is 19.7 Å². The molecular formula is C14H19FINO2. The summed E-state index contributed by atoms with van der Waals surface area (Å²) in [7, 11) is 0. The van der Waals surface area contributed by atoms with E-state index >= 15 is 0 Å². The van der Waals surface area contributed by atoms with Gasteiger partial charge in [-0.05, 0) is 30.9 Å². The molecule has 0 aliphatic carbocycles. The van der Waals surface area contributed by atoms with Crippen molar-refractivity contribution in [1.82, 2.24) is 4.90 Å². The average molecular weight is 379 g/mol. The summed E-state index contributed by atoms with van der Waals surface area (Å²) in [5, 5.41) is 9.76. The normalized spacial score (nSPS) is 24.6. The Morgan fingerprint density at radius 1 is 1.37 bits per heavy atom. The van der Waals surface area contributed by atoms with Gasteiger partial charge in [0.15, 0.2) is 0 Å². The van der Waals surface area contributed by atoms with E-state index in [0.717, 1.165) is 24.9 Å². The number of hydrogen-bond acceptors (Lipinski definition) is 3. The van der Waals surface area contributed by atoms with Gasteiger partial charge in [0, 0.05) is 19.1 Å². The highest BCUT2D eigenvalue weighted by atomic mass is 127. The number of hydrogen-bond donors (Lipinski definition) is 1. The van der Waals surface area contributed by atoms with Crippen molar-refractivity contribution in [1.29, 1.82) is 0 Å². The Balaban J connectivity index is 1.93. The van der Waals surface area contributed by atoms with Gasteiger partial charge in [-0.2, -0.15) is 0 Å². The van der Waals surface area contributed by atoms with Gasteiger partial charge < -0.3 is 8.17 Å². The standard InChI is InChI=1S/C14H19FINO2/c15-14-4-2-1-3-11(14)7-8-17-9-13(18)6-5-12(17)10-19-16/h1-4,12-13,18H,5-10H2/t12-,13-/m1/s1. The van der Waals surface area contributed by atoms with Crippen molar-refractivity contribution >= 4 is 23.0 Å². The van der Waals surface area contributed by atoms with Crippen LogP contribution in [0, 0.1) is 5.82 Å². The maximum absolute atomic E-state index is 13.6. The van der Waals surface area contributed by atoms with Gasteiger partial charge in [0.2, 0.25) is 0 Å². The van der Waals surface area contributed by atoms with Crippen LogP contribution in [0.4, 0.5) is 4.39 Å². The van der Waals surface area contributed by atoms with E-state index in [1.54, 1.807) is 6.07 Å². The molecule has 1 heterocycles. The van der Waals surface area contributed by atoms with Crippen molar-refractivity contribution < 1.29 is 12.6 Å². The predicted octanol–water partition coefficient (Wildman–Crippen LogP) is 2.56. The van der Waals surface area contributed by atoms with Crippen molar-refractivity contribution in [3.63, 3.8) is 0 Å². The van der Waals surface area contributed by atoms with E-state index in [0.29, 0.717) is 25.6 Å². The average Bonchev–Trinajstić information content (AvgIpc) is 2.41. The molecule has 1 aliphatic rings. The van der Waals surface area contributed by atoms with Crippen molar-refractivity contribution in [2.45, 2.75) is 31.4 Å². The SMILES string of the molecule is O[C@@H]1CC[C@H](COI)N(CCc2ccccc2F)C1. The molecule has 0 spiro atoms. The molecule has 2 rings (SSSR count). The van der Waals surface area contributed by atoms with Gasteiger partial charge in [0.05, 0.1) is 12.7 Å². The van der Waals surface area contributed by atoms with E-state index in [9.17, 15) is 9.50 Å². The molecule has 19 heavy (non-hydrogen) atoms. The molecule has 3 nitrogen and oxygen atoms in total. The first kappa shape index (κ1) is 15.2. The molecule has 0 saturated carbocycles. The Hall–Kier alpha value is -0.240. The summed E-state index contributed by atoms with van der Waals surface area (Å²) >= 11 is 1.90. The van der Waals surface area contributed by atoms with Gasteiger partial charge in [-0.25, -0.2) is 4.39 Å². The molecule has 1 aromatic carbocycles. The maximum Gasteiger partial charge on any atom is 0.126 e. The zero-order valence-corrected chi connectivity index (χ0v) is 12.9. The largest absolute Gasteiger partial charge is 0.392 e. The Labute approximate surface area is 127 Å². The van der Waals surface area contributed by atoms with Crippen LogP contribution in [0.15, 0.2) is 24.3 Å². The van der Waals surface area contributed by atoms with Gasteiger partial charge in [-0.15, -0.1) is 0 Å².